The van der Waals surface area contributed by atoms with Gasteiger partial charge < -0.3 is 10.2 Å². The van der Waals surface area contributed by atoms with Crippen LogP contribution in [-0.2, 0) is 0 Å². The largest absolute Gasteiger partial charge is 0.369 e. The molecule has 3 rings (SSSR count). The van der Waals surface area contributed by atoms with Crippen molar-refractivity contribution in [2.75, 3.05) is 16.8 Å². The smallest absolute Gasteiger partial charge is 0.276 e. The molecule has 0 unspecified atom stereocenters. The number of halogens is 1. The van der Waals surface area contributed by atoms with Crippen molar-refractivity contribution >= 4 is 17.3 Å². The van der Waals surface area contributed by atoms with Crippen molar-refractivity contribution in [2.24, 2.45) is 0 Å². The Kier molecular flexibility index (Phi) is 6.07. The second kappa shape index (κ2) is 8.68. The molecular formula is C22H23FN4O2. The average molecular weight is 394 g/mol. The molecule has 0 fully saturated rings. The summed E-state index contributed by atoms with van der Waals surface area (Å²) in [5.41, 5.74) is 1.74. The van der Waals surface area contributed by atoms with Crippen LogP contribution in [0.3, 0.4) is 0 Å². The summed E-state index contributed by atoms with van der Waals surface area (Å²) >= 11 is 0. The number of benzene rings is 2. The van der Waals surface area contributed by atoms with Crippen molar-refractivity contribution < 1.29 is 9.18 Å². The second-order valence-corrected chi connectivity index (χ2v) is 6.83. The Hall–Kier alpha value is -3.48. The molecule has 3 aromatic rings. The van der Waals surface area contributed by atoms with E-state index < -0.39 is 17.3 Å². The van der Waals surface area contributed by atoms with Gasteiger partial charge >= 0.3 is 0 Å². The molecule has 0 spiro atoms. The minimum atomic E-state index is -0.440. The molecule has 0 saturated carbocycles. The van der Waals surface area contributed by atoms with E-state index in [4.69, 9.17) is 0 Å². The third-order valence-corrected chi connectivity index (χ3v) is 4.52. The van der Waals surface area contributed by atoms with Crippen LogP contribution in [-0.4, -0.2) is 28.3 Å². The molecule has 29 heavy (non-hydrogen) atoms. The van der Waals surface area contributed by atoms with E-state index in [2.05, 4.69) is 36.1 Å². The fraction of sp³-hybridized carbons (Fsp3) is 0.227. The highest BCUT2D eigenvalue weighted by Gasteiger charge is 2.12. The average Bonchev–Trinajstić information content (AvgIpc) is 2.70. The molecule has 7 heteroatoms. The quantitative estimate of drug-likeness (QED) is 0.689. The minimum Gasteiger partial charge on any atom is -0.369 e. The molecule has 0 aliphatic carbocycles. The molecule has 1 amide bonds. The molecule has 0 atom stereocenters. The third-order valence-electron chi connectivity index (χ3n) is 4.52. The highest BCUT2D eigenvalue weighted by molar-refractivity contribution is 6.02. The van der Waals surface area contributed by atoms with Crippen LogP contribution < -0.4 is 15.8 Å². The molecule has 1 N–H and O–H groups in total. The maximum atomic E-state index is 13.1. The predicted octanol–water partition coefficient (Wildman–Crippen LogP) is 3.86. The zero-order chi connectivity index (χ0) is 21.0. The zero-order valence-electron chi connectivity index (χ0n) is 16.6. The van der Waals surface area contributed by atoms with Crippen LogP contribution in [0, 0.1) is 5.82 Å². The van der Waals surface area contributed by atoms with Crippen LogP contribution in [0.25, 0.3) is 5.69 Å². The van der Waals surface area contributed by atoms with Gasteiger partial charge in [-0.05, 0) is 75.4 Å². The van der Waals surface area contributed by atoms with Gasteiger partial charge in [-0.3, -0.25) is 9.59 Å². The lowest BCUT2D eigenvalue weighted by Gasteiger charge is -2.27. The number of nitrogens with one attached hydrogen (secondary N) is 1. The van der Waals surface area contributed by atoms with E-state index in [1.807, 2.05) is 24.3 Å². The summed E-state index contributed by atoms with van der Waals surface area (Å²) in [6.07, 6.45) is 0. The fourth-order valence-corrected chi connectivity index (χ4v) is 3.08. The van der Waals surface area contributed by atoms with Crippen molar-refractivity contribution in [3.8, 4) is 5.69 Å². The SMILES string of the molecule is CCN(c1ccc(NC(=O)c2ccc(=O)n(-c3ccc(F)cc3)n2)cc1)C(C)C. The number of amides is 1. The van der Waals surface area contributed by atoms with Gasteiger partial charge in [0.15, 0.2) is 0 Å². The number of carbonyl (C=O) groups excluding carboxylic acids is 1. The van der Waals surface area contributed by atoms with E-state index in [0.717, 1.165) is 16.9 Å². The summed E-state index contributed by atoms with van der Waals surface area (Å²) in [6, 6.07) is 15.9. The topological polar surface area (TPSA) is 67.2 Å². The molecule has 0 saturated heterocycles. The number of hydrogen-bond acceptors (Lipinski definition) is 4. The summed E-state index contributed by atoms with van der Waals surface area (Å²) in [4.78, 5) is 26.9. The van der Waals surface area contributed by atoms with E-state index in [-0.39, 0.29) is 5.69 Å². The Morgan fingerprint density at radius 2 is 1.72 bits per heavy atom. The molecule has 0 radical (unpaired) electrons. The molecule has 0 bridgehead atoms. The lowest BCUT2D eigenvalue weighted by molar-refractivity contribution is 0.102. The highest BCUT2D eigenvalue weighted by Crippen LogP contribution is 2.20. The first-order valence-electron chi connectivity index (χ1n) is 9.43. The van der Waals surface area contributed by atoms with Crippen LogP contribution >= 0.6 is 0 Å². The molecule has 1 aromatic heterocycles. The van der Waals surface area contributed by atoms with Gasteiger partial charge in [0.05, 0.1) is 5.69 Å². The number of nitrogens with zero attached hydrogens (tertiary/aromatic N) is 3. The Labute approximate surface area is 168 Å². The Morgan fingerprint density at radius 3 is 2.31 bits per heavy atom. The van der Waals surface area contributed by atoms with Gasteiger partial charge in [-0.1, -0.05) is 0 Å². The van der Waals surface area contributed by atoms with Crippen LogP contribution in [0.15, 0.2) is 65.5 Å². The first-order chi connectivity index (χ1) is 13.9. The highest BCUT2D eigenvalue weighted by atomic mass is 19.1. The molecule has 0 aliphatic heterocycles. The van der Waals surface area contributed by atoms with Gasteiger partial charge in [-0.25, -0.2) is 4.39 Å². The van der Waals surface area contributed by atoms with Crippen LogP contribution in [0.4, 0.5) is 15.8 Å². The van der Waals surface area contributed by atoms with Crippen LogP contribution in [0.2, 0.25) is 0 Å². The van der Waals surface area contributed by atoms with Gasteiger partial charge in [0.2, 0.25) is 0 Å². The maximum absolute atomic E-state index is 13.1. The van der Waals surface area contributed by atoms with E-state index >= 15 is 0 Å². The minimum absolute atomic E-state index is 0.0790. The molecule has 0 aliphatic rings. The zero-order valence-corrected chi connectivity index (χ0v) is 16.6. The normalized spacial score (nSPS) is 10.8. The van der Waals surface area contributed by atoms with Gasteiger partial charge in [-0.2, -0.15) is 9.78 Å². The monoisotopic (exact) mass is 394 g/mol. The first kappa shape index (κ1) is 20.3. The molecule has 2 aromatic carbocycles. The van der Waals surface area contributed by atoms with Crippen molar-refractivity contribution in [1.82, 2.24) is 9.78 Å². The summed E-state index contributed by atoms with van der Waals surface area (Å²) in [6.45, 7) is 7.23. The molecular weight excluding hydrogens is 371 g/mol. The summed E-state index contributed by atoms with van der Waals surface area (Å²) < 4.78 is 14.2. The molecule has 1 heterocycles. The van der Waals surface area contributed by atoms with E-state index in [1.165, 1.54) is 36.4 Å². The summed E-state index contributed by atoms with van der Waals surface area (Å²) in [5.74, 6) is -0.858. The van der Waals surface area contributed by atoms with E-state index in [1.54, 1.807) is 0 Å². The first-order valence-corrected chi connectivity index (χ1v) is 9.43. The van der Waals surface area contributed by atoms with Gasteiger partial charge in [0, 0.05) is 30.0 Å². The standard InChI is InChI=1S/C22H23FN4O2/c1-4-26(15(2)3)18-11-7-17(8-12-18)24-22(29)20-13-14-21(28)27(25-20)19-9-5-16(23)6-10-19/h5-15H,4H2,1-3H3,(H,24,29). The maximum Gasteiger partial charge on any atom is 0.276 e. The van der Waals surface area contributed by atoms with E-state index in [0.29, 0.717) is 17.4 Å². The van der Waals surface area contributed by atoms with Crippen molar-refractivity contribution in [1.29, 1.82) is 0 Å². The van der Waals surface area contributed by atoms with Crippen molar-refractivity contribution in [3.63, 3.8) is 0 Å². The number of rotatable bonds is 6. The summed E-state index contributed by atoms with van der Waals surface area (Å²) in [7, 11) is 0. The Balaban J connectivity index is 1.80. The predicted molar refractivity (Wildman–Crippen MR) is 112 cm³/mol. The van der Waals surface area contributed by atoms with E-state index in [9.17, 15) is 14.0 Å². The van der Waals surface area contributed by atoms with Crippen LogP contribution in [0.5, 0.6) is 0 Å². The Morgan fingerprint density at radius 1 is 1.07 bits per heavy atom. The lowest BCUT2D eigenvalue weighted by atomic mass is 10.2. The number of anilines is 2. The lowest BCUT2D eigenvalue weighted by Crippen LogP contribution is -2.30. The van der Waals surface area contributed by atoms with Gasteiger partial charge in [0.1, 0.15) is 11.5 Å². The fourth-order valence-electron chi connectivity index (χ4n) is 3.08. The number of carbonyl (C=O) groups is 1. The Bertz CT molecular complexity index is 1040. The summed E-state index contributed by atoms with van der Waals surface area (Å²) in [5, 5.41) is 6.90. The van der Waals surface area contributed by atoms with Crippen molar-refractivity contribution in [2.45, 2.75) is 26.8 Å². The van der Waals surface area contributed by atoms with Gasteiger partial charge in [-0.15, -0.1) is 0 Å². The van der Waals surface area contributed by atoms with Gasteiger partial charge in [0.25, 0.3) is 11.5 Å². The third kappa shape index (κ3) is 4.68. The molecule has 150 valence electrons. The number of hydrogen-bond donors (Lipinski definition) is 1. The van der Waals surface area contributed by atoms with Crippen LogP contribution in [0.1, 0.15) is 31.3 Å². The molecule has 6 nitrogen and oxygen atoms in total. The number of aromatic nitrogens is 2. The van der Waals surface area contributed by atoms with Crippen molar-refractivity contribution in [3.05, 3.63) is 82.5 Å². The second-order valence-electron chi connectivity index (χ2n) is 6.83.